The van der Waals surface area contributed by atoms with Crippen LogP contribution in [0, 0.1) is 0 Å². The van der Waals surface area contributed by atoms with Crippen LogP contribution in [0.2, 0.25) is 0 Å². The normalized spacial score (nSPS) is 19.6. The fourth-order valence-electron chi connectivity index (χ4n) is 4.41. The summed E-state index contributed by atoms with van der Waals surface area (Å²) in [6, 6.07) is 1.26. The summed E-state index contributed by atoms with van der Waals surface area (Å²) in [7, 11) is -2.17. The quantitative estimate of drug-likeness (QED) is 0.547. The lowest BCUT2D eigenvalue weighted by molar-refractivity contribution is 0.251. The van der Waals surface area contributed by atoms with Gasteiger partial charge in [-0.25, -0.2) is 13.8 Å². The molecule has 2 aromatic rings. The Morgan fingerprint density at radius 1 is 1.21 bits per heavy atom. The molecule has 1 atom stereocenters. The highest BCUT2D eigenvalue weighted by Crippen LogP contribution is 2.37. The predicted molar refractivity (Wildman–Crippen MR) is 137 cm³/mol. The number of amides is 2. The van der Waals surface area contributed by atoms with Crippen LogP contribution >= 0.6 is 11.3 Å². The summed E-state index contributed by atoms with van der Waals surface area (Å²) in [5, 5.41) is 7.19. The Labute approximate surface area is 206 Å². The van der Waals surface area contributed by atoms with Crippen molar-refractivity contribution in [2.75, 3.05) is 29.8 Å². The predicted octanol–water partition coefficient (Wildman–Crippen LogP) is 4.49. The number of piperidine rings is 1. The topological polar surface area (TPSA) is 99.6 Å². The molecule has 188 valence electrons. The van der Waals surface area contributed by atoms with Crippen LogP contribution in [-0.4, -0.2) is 55.3 Å². The van der Waals surface area contributed by atoms with Gasteiger partial charge >= 0.3 is 16.2 Å². The van der Waals surface area contributed by atoms with Crippen molar-refractivity contribution in [2.24, 2.45) is 0 Å². The lowest BCUT2D eigenvalue weighted by Crippen LogP contribution is -2.54. The molecular formula is C23H36N6O3S2. The number of likely N-dealkylation sites (tertiary alicyclic amines) is 1. The van der Waals surface area contributed by atoms with E-state index in [0.717, 1.165) is 42.0 Å². The molecule has 0 radical (unpaired) electrons. The molecule has 1 saturated carbocycles. The number of likely N-dealkylation sites (N-methyl/N-ethyl adjacent to an activating group) is 1. The molecule has 1 aliphatic heterocycles. The highest BCUT2D eigenvalue weighted by molar-refractivity contribution is 7.91. The minimum atomic E-state index is -4.16. The van der Waals surface area contributed by atoms with Gasteiger partial charge in [0.25, 0.3) is 0 Å². The highest BCUT2D eigenvalue weighted by atomic mass is 32.2. The van der Waals surface area contributed by atoms with E-state index in [1.165, 1.54) is 4.31 Å². The molecule has 1 saturated heterocycles. The molecule has 1 aliphatic carbocycles. The van der Waals surface area contributed by atoms with Gasteiger partial charge < -0.3 is 10.2 Å². The Morgan fingerprint density at radius 2 is 1.94 bits per heavy atom. The van der Waals surface area contributed by atoms with Crippen molar-refractivity contribution < 1.29 is 13.2 Å². The number of urea groups is 1. The number of hydrogen-bond donors (Lipinski definition) is 2. The van der Waals surface area contributed by atoms with E-state index in [2.05, 4.69) is 47.7 Å². The molecule has 2 fully saturated rings. The van der Waals surface area contributed by atoms with Gasteiger partial charge in [-0.05, 0) is 57.2 Å². The van der Waals surface area contributed by atoms with Gasteiger partial charge in [-0.2, -0.15) is 13.5 Å². The third-order valence-electron chi connectivity index (χ3n) is 6.30. The lowest BCUT2D eigenvalue weighted by atomic mass is 10.1. The molecule has 1 unspecified atom stereocenters. The molecule has 2 aliphatic rings. The van der Waals surface area contributed by atoms with Crippen molar-refractivity contribution in [1.82, 2.24) is 19.4 Å². The van der Waals surface area contributed by atoms with Crippen molar-refractivity contribution in [3.63, 3.8) is 0 Å². The van der Waals surface area contributed by atoms with Crippen molar-refractivity contribution in [1.29, 1.82) is 0 Å². The van der Waals surface area contributed by atoms with Crippen LogP contribution in [0.3, 0.4) is 0 Å². The van der Waals surface area contributed by atoms with Gasteiger partial charge in [-0.1, -0.05) is 27.7 Å². The molecule has 0 aromatic carbocycles. The van der Waals surface area contributed by atoms with Gasteiger partial charge in [0.1, 0.15) is 0 Å². The first-order valence-electron chi connectivity index (χ1n) is 12.0. The Hall–Kier alpha value is -2.11. The highest BCUT2D eigenvalue weighted by Gasteiger charge is 2.36. The Bertz CT molecular complexity index is 1120. The van der Waals surface area contributed by atoms with Crippen molar-refractivity contribution in [2.45, 2.75) is 77.3 Å². The number of anilines is 2. The first kappa shape index (κ1) is 25.0. The molecule has 2 amide bonds. The monoisotopic (exact) mass is 508 g/mol. The van der Waals surface area contributed by atoms with Gasteiger partial charge in [-0.3, -0.25) is 4.68 Å². The molecule has 3 heterocycles. The third-order valence-corrected chi connectivity index (χ3v) is 9.50. The first-order valence-corrected chi connectivity index (χ1v) is 14.3. The Morgan fingerprint density at radius 3 is 2.56 bits per heavy atom. The standard InChI is InChI=1S/C23H36N6O3S2/c1-15(2)21-11-20(22(33-21)16(3)4)25-23(30)26-34(31,32)29(18-7-6-10-27(5)13-18)19-12-24-28(14-19)17-8-9-17/h11-12,14-18H,6-10,13H2,1-5H3,(H2,25,26,30). The Kier molecular flexibility index (Phi) is 7.25. The molecule has 11 heteroatoms. The molecular weight excluding hydrogens is 472 g/mol. The summed E-state index contributed by atoms with van der Waals surface area (Å²) < 4.78 is 32.6. The van der Waals surface area contributed by atoms with Crippen LogP contribution in [0.25, 0.3) is 0 Å². The zero-order chi connectivity index (χ0) is 24.6. The lowest BCUT2D eigenvalue weighted by Gasteiger charge is -2.37. The molecule has 9 nitrogen and oxygen atoms in total. The fraction of sp³-hybridized carbons (Fsp3) is 0.652. The van der Waals surface area contributed by atoms with Crippen molar-refractivity contribution >= 4 is 39.0 Å². The summed E-state index contributed by atoms with van der Waals surface area (Å²) in [5.74, 6) is 0.540. The van der Waals surface area contributed by atoms with Gasteiger partial charge in [0.15, 0.2) is 0 Å². The van der Waals surface area contributed by atoms with Gasteiger partial charge in [0.05, 0.1) is 29.7 Å². The number of hydrogen-bond acceptors (Lipinski definition) is 6. The maximum Gasteiger partial charge on any atom is 0.334 e. The minimum absolute atomic E-state index is 0.215. The maximum atomic E-state index is 13.6. The number of aromatic nitrogens is 2. The van der Waals surface area contributed by atoms with Crippen molar-refractivity contribution in [3.05, 3.63) is 28.2 Å². The van der Waals surface area contributed by atoms with E-state index in [-0.39, 0.29) is 12.0 Å². The largest absolute Gasteiger partial charge is 0.334 e. The van der Waals surface area contributed by atoms with E-state index in [4.69, 9.17) is 0 Å². The van der Waals surface area contributed by atoms with Crippen LogP contribution in [0.15, 0.2) is 18.5 Å². The molecule has 2 aromatic heterocycles. The molecule has 2 N–H and O–H groups in total. The second-order valence-corrected chi connectivity index (χ2v) is 12.7. The van der Waals surface area contributed by atoms with E-state index in [0.29, 0.717) is 29.9 Å². The first-order chi connectivity index (χ1) is 16.0. The van der Waals surface area contributed by atoms with E-state index < -0.39 is 16.2 Å². The molecule has 34 heavy (non-hydrogen) atoms. The van der Waals surface area contributed by atoms with E-state index >= 15 is 0 Å². The number of carbonyl (C=O) groups is 1. The molecule has 0 spiro atoms. The van der Waals surface area contributed by atoms with E-state index in [9.17, 15) is 13.2 Å². The zero-order valence-electron chi connectivity index (χ0n) is 20.6. The summed E-state index contributed by atoms with van der Waals surface area (Å²) in [6.45, 7) is 9.85. The second-order valence-electron chi connectivity index (χ2n) is 10.1. The second kappa shape index (κ2) is 9.87. The summed E-state index contributed by atoms with van der Waals surface area (Å²) in [6.07, 6.45) is 7.10. The number of rotatable bonds is 8. The van der Waals surface area contributed by atoms with Crippen molar-refractivity contribution in [3.8, 4) is 0 Å². The Balaban J connectivity index is 1.57. The maximum absolute atomic E-state index is 13.6. The fourth-order valence-corrected chi connectivity index (χ4v) is 6.85. The van der Waals surface area contributed by atoms with Crippen LogP contribution in [0.4, 0.5) is 16.2 Å². The van der Waals surface area contributed by atoms with Crippen LogP contribution in [-0.2, 0) is 10.2 Å². The van der Waals surface area contributed by atoms with Crippen LogP contribution in [0.5, 0.6) is 0 Å². The smallest absolute Gasteiger partial charge is 0.306 e. The van der Waals surface area contributed by atoms with Gasteiger partial charge in [0, 0.05) is 22.5 Å². The van der Waals surface area contributed by atoms with Gasteiger partial charge in [-0.15, -0.1) is 11.3 Å². The zero-order valence-corrected chi connectivity index (χ0v) is 22.2. The summed E-state index contributed by atoms with van der Waals surface area (Å²) >= 11 is 1.65. The SMILES string of the molecule is CC(C)c1cc(NC(=O)NS(=O)(=O)N(c2cnn(C3CC3)c2)C2CCCN(C)C2)c(C(C)C)s1. The molecule has 4 rings (SSSR count). The molecule has 0 bridgehead atoms. The minimum Gasteiger partial charge on any atom is -0.306 e. The average Bonchev–Trinajstić information content (AvgIpc) is 3.32. The summed E-state index contributed by atoms with van der Waals surface area (Å²) in [5.41, 5.74) is 1.16. The van der Waals surface area contributed by atoms with E-state index in [1.807, 2.05) is 17.8 Å². The number of thiophene rings is 1. The average molecular weight is 509 g/mol. The van der Waals surface area contributed by atoms with Crippen LogP contribution < -0.4 is 14.3 Å². The number of nitrogens with one attached hydrogen (secondary N) is 2. The van der Waals surface area contributed by atoms with Gasteiger partial charge in [0.2, 0.25) is 0 Å². The number of nitrogens with zero attached hydrogens (tertiary/aromatic N) is 4. The summed E-state index contributed by atoms with van der Waals surface area (Å²) in [4.78, 5) is 17.2. The van der Waals surface area contributed by atoms with E-state index in [1.54, 1.807) is 23.7 Å². The third kappa shape index (κ3) is 5.58. The van der Waals surface area contributed by atoms with Crippen LogP contribution in [0.1, 0.15) is 81.0 Å². The number of carbonyl (C=O) groups excluding carboxylic acids is 1.